The summed E-state index contributed by atoms with van der Waals surface area (Å²) >= 11 is 0. The first-order valence-electron chi connectivity index (χ1n) is 8.12. The lowest BCUT2D eigenvalue weighted by Crippen LogP contribution is -2.46. The van der Waals surface area contributed by atoms with Crippen LogP contribution in [0, 0.1) is 0 Å². The Labute approximate surface area is 137 Å². The molecule has 1 saturated heterocycles. The number of pyridine rings is 1. The fourth-order valence-electron chi connectivity index (χ4n) is 3.20. The summed E-state index contributed by atoms with van der Waals surface area (Å²) in [7, 11) is -3.34. The van der Waals surface area contributed by atoms with Crippen LogP contribution in [0.15, 0.2) is 24.4 Å². The van der Waals surface area contributed by atoms with Gasteiger partial charge in [-0.3, -0.25) is 4.40 Å². The van der Waals surface area contributed by atoms with E-state index in [0.717, 1.165) is 24.3 Å². The second kappa shape index (κ2) is 6.54. The minimum Gasteiger partial charge on any atom is -0.286 e. The summed E-state index contributed by atoms with van der Waals surface area (Å²) in [6, 6.07) is 5.82. The molecule has 126 valence electrons. The van der Waals surface area contributed by atoms with Crippen LogP contribution in [-0.4, -0.2) is 57.8 Å². The highest BCUT2D eigenvalue weighted by molar-refractivity contribution is 7.86. The molecule has 2 aromatic rings. The zero-order valence-electron chi connectivity index (χ0n) is 13.6. The summed E-state index contributed by atoms with van der Waals surface area (Å²) in [5.41, 5.74) is 0.834. The molecule has 1 aliphatic rings. The van der Waals surface area contributed by atoms with E-state index in [9.17, 15) is 8.42 Å². The van der Waals surface area contributed by atoms with Crippen molar-refractivity contribution in [2.24, 2.45) is 0 Å². The first kappa shape index (κ1) is 16.4. The zero-order chi connectivity index (χ0) is 16.4. The second-order valence-electron chi connectivity index (χ2n) is 5.75. The number of piperidine rings is 1. The molecule has 0 saturated carbocycles. The van der Waals surface area contributed by atoms with Crippen LogP contribution in [0.5, 0.6) is 0 Å². The lowest BCUT2D eigenvalue weighted by molar-refractivity contribution is 0.286. The highest BCUT2D eigenvalue weighted by Crippen LogP contribution is 2.28. The third-order valence-electron chi connectivity index (χ3n) is 4.52. The average Bonchev–Trinajstić information content (AvgIpc) is 3.00. The summed E-state index contributed by atoms with van der Waals surface area (Å²) in [5.74, 6) is 1.18. The summed E-state index contributed by atoms with van der Waals surface area (Å²) in [4.78, 5) is 0. The van der Waals surface area contributed by atoms with Crippen LogP contribution >= 0.6 is 0 Å². The average molecular weight is 337 g/mol. The maximum absolute atomic E-state index is 12.6. The van der Waals surface area contributed by atoms with Crippen LogP contribution in [0.3, 0.4) is 0 Å². The zero-order valence-corrected chi connectivity index (χ0v) is 14.4. The fourth-order valence-corrected chi connectivity index (χ4v) is 4.85. The van der Waals surface area contributed by atoms with Gasteiger partial charge >= 0.3 is 0 Å². The van der Waals surface area contributed by atoms with Gasteiger partial charge in [0.1, 0.15) is 5.82 Å². The van der Waals surface area contributed by atoms with Crippen molar-refractivity contribution < 1.29 is 8.42 Å². The summed E-state index contributed by atoms with van der Waals surface area (Å²) in [6.07, 6.45) is 3.51. The minimum atomic E-state index is -3.34. The standard InChI is InChI=1S/C15H23N5O2S/c1-3-18(4-2)23(21,22)19-11-8-13(9-12-19)15-17-16-14-7-5-6-10-20(14)15/h5-7,10,13H,3-4,8-9,11-12H2,1-2H3. The topological polar surface area (TPSA) is 70.8 Å². The molecule has 1 aliphatic heterocycles. The number of rotatable bonds is 5. The van der Waals surface area contributed by atoms with Crippen LogP contribution in [0.25, 0.3) is 5.65 Å². The van der Waals surface area contributed by atoms with Crippen LogP contribution in [0.2, 0.25) is 0 Å². The molecule has 3 heterocycles. The molecule has 0 amide bonds. The van der Waals surface area contributed by atoms with E-state index in [1.165, 1.54) is 4.31 Å². The van der Waals surface area contributed by atoms with Crippen molar-refractivity contribution in [1.29, 1.82) is 0 Å². The Morgan fingerprint density at radius 1 is 1.17 bits per heavy atom. The molecule has 2 aromatic heterocycles. The van der Waals surface area contributed by atoms with Gasteiger partial charge in [-0.05, 0) is 25.0 Å². The van der Waals surface area contributed by atoms with Crippen molar-refractivity contribution in [2.45, 2.75) is 32.6 Å². The molecule has 0 N–H and O–H groups in total. The quantitative estimate of drug-likeness (QED) is 0.829. The number of aromatic nitrogens is 3. The van der Waals surface area contributed by atoms with E-state index in [0.29, 0.717) is 26.2 Å². The Morgan fingerprint density at radius 2 is 1.87 bits per heavy atom. The lowest BCUT2D eigenvalue weighted by atomic mass is 9.97. The van der Waals surface area contributed by atoms with Crippen molar-refractivity contribution in [3.63, 3.8) is 0 Å². The van der Waals surface area contributed by atoms with Crippen LogP contribution in [0.1, 0.15) is 38.4 Å². The molecule has 23 heavy (non-hydrogen) atoms. The summed E-state index contributed by atoms with van der Waals surface area (Å²) in [5, 5.41) is 8.50. The van der Waals surface area contributed by atoms with Gasteiger partial charge in [-0.15, -0.1) is 10.2 Å². The second-order valence-corrected chi connectivity index (χ2v) is 7.68. The van der Waals surface area contributed by atoms with Gasteiger partial charge in [0.25, 0.3) is 10.2 Å². The number of hydrogen-bond acceptors (Lipinski definition) is 4. The molecule has 0 bridgehead atoms. The van der Waals surface area contributed by atoms with Crippen molar-refractivity contribution in [3.05, 3.63) is 30.2 Å². The Balaban J connectivity index is 1.74. The van der Waals surface area contributed by atoms with Crippen molar-refractivity contribution in [1.82, 2.24) is 23.2 Å². The van der Waals surface area contributed by atoms with E-state index in [2.05, 4.69) is 10.2 Å². The molecule has 0 unspecified atom stereocenters. The smallest absolute Gasteiger partial charge is 0.281 e. The number of hydrogen-bond donors (Lipinski definition) is 0. The van der Waals surface area contributed by atoms with E-state index in [1.807, 2.05) is 42.6 Å². The SMILES string of the molecule is CCN(CC)S(=O)(=O)N1CCC(c2nnc3ccccn23)CC1. The van der Waals surface area contributed by atoms with Crippen LogP contribution in [0.4, 0.5) is 0 Å². The van der Waals surface area contributed by atoms with E-state index in [1.54, 1.807) is 4.31 Å². The summed E-state index contributed by atoms with van der Waals surface area (Å²) in [6.45, 7) is 5.82. The third-order valence-corrected chi connectivity index (χ3v) is 6.70. The number of nitrogens with zero attached hydrogens (tertiary/aromatic N) is 5. The normalized spacial score (nSPS) is 18.0. The Bertz CT molecular complexity index is 761. The molecule has 3 rings (SSSR count). The van der Waals surface area contributed by atoms with Crippen LogP contribution in [-0.2, 0) is 10.2 Å². The van der Waals surface area contributed by atoms with Gasteiger partial charge in [-0.25, -0.2) is 0 Å². The van der Waals surface area contributed by atoms with Crippen molar-refractivity contribution >= 4 is 15.9 Å². The largest absolute Gasteiger partial charge is 0.286 e. The highest BCUT2D eigenvalue weighted by atomic mass is 32.2. The molecule has 0 radical (unpaired) electrons. The Hall–Kier alpha value is -1.51. The fraction of sp³-hybridized carbons (Fsp3) is 0.600. The van der Waals surface area contributed by atoms with Gasteiger partial charge < -0.3 is 0 Å². The Morgan fingerprint density at radius 3 is 2.52 bits per heavy atom. The molecule has 0 spiro atoms. The highest BCUT2D eigenvalue weighted by Gasteiger charge is 2.33. The van der Waals surface area contributed by atoms with Gasteiger partial charge in [0, 0.05) is 38.3 Å². The lowest BCUT2D eigenvalue weighted by Gasteiger charge is -2.33. The van der Waals surface area contributed by atoms with E-state index < -0.39 is 10.2 Å². The van der Waals surface area contributed by atoms with Gasteiger partial charge in [0.05, 0.1) is 0 Å². The van der Waals surface area contributed by atoms with E-state index in [4.69, 9.17) is 0 Å². The molecule has 0 atom stereocenters. The van der Waals surface area contributed by atoms with Crippen molar-refractivity contribution in [2.75, 3.05) is 26.2 Å². The molecule has 0 aromatic carbocycles. The van der Waals surface area contributed by atoms with Crippen LogP contribution < -0.4 is 0 Å². The molecule has 0 aliphatic carbocycles. The minimum absolute atomic E-state index is 0.246. The predicted octanol–water partition coefficient (Wildman–Crippen LogP) is 1.50. The van der Waals surface area contributed by atoms with Gasteiger partial charge in [0.15, 0.2) is 5.65 Å². The molecule has 7 nitrogen and oxygen atoms in total. The molecule has 8 heteroatoms. The third kappa shape index (κ3) is 2.98. The monoisotopic (exact) mass is 337 g/mol. The first-order chi connectivity index (χ1) is 11.1. The molecule has 1 fully saturated rings. The predicted molar refractivity (Wildman–Crippen MR) is 88.4 cm³/mol. The van der Waals surface area contributed by atoms with Gasteiger partial charge in [0.2, 0.25) is 0 Å². The molecular weight excluding hydrogens is 314 g/mol. The van der Waals surface area contributed by atoms with Gasteiger partial charge in [-0.1, -0.05) is 19.9 Å². The maximum atomic E-state index is 12.6. The first-order valence-corrected chi connectivity index (χ1v) is 9.52. The van der Waals surface area contributed by atoms with E-state index >= 15 is 0 Å². The van der Waals surface area contributed by atoms with Gasteiger partial charge in [-0.2, -0.15) is 17.0 Å². The van der Waals surface area contributed by atoms with Crippen molar-refractivity contribution in [3.8, 4) is 0 Å². The maximum Gasteiger partial charge on any atom is 0.281 e. The van der Waals surface area contributed by atoms with E-state index in [-0.39, 0.29) is 5.92 Å². The summed E-state index contributed by atoms with van der Waals surface area (Å²) < 4.78 is 30.3. The Kier molecular flexibility index (Phi) is 4.65. The molecular formula is C15H23N5O2S. The number of fused-ring (bicyclic) bond motifs is 1.